The van der Waals surface area contributed by atoms with Crippen molar-refractivity contribution < 1.29 is 15.0 Å². The topological polar surface area (TPSA) is 57.5 Å². The highest BCUT2D eigenvalue weighted by atomic mass is 16.5. The molecule has 0 saturated carbocycles. The average Bonchev–Trinajstić information content (AvgIpc) is 2.54. The number of unbranched alkanes of at least 4 members (excludes halogenated alkanes) is 11. The first-order valence-corrected chi connectivity index (χ1v) is 10.4. The standard InChI is InChI=1S/C21H42O3/c1-4-6-8-10-12-14-16-18-20(21(23,24)19(3)22)17-15-13-11-9-7-5-2/h20,23-24H,4-18H2,1-3H3. The molecule has 0 bridgehead atoms. The molecule has 144 valence electrons. The minimum atomic E-state index is -2.13. The molecule has 0 fully saturated rings. The number of Topliss-reactive ketones (excluding diaryl/α,β-unsaturated/α-hetero) is 1. The second kappa shape index (κ2) is 14.9. The molecule has 0 heterocycles. The van der Waals surface area contributed by atoms with Crippen LogP contribution in [0.5, 0.6) is 0 Å². The lowest BCUT2D eigenvalue weighted by atomic mass is 9.85. The van der Waals surface area contributed by atoms with Gasteiger partial charge in [-0.3, -0.25) is 4.79 Å². The molecule has 24 heavy (non-hydrogen) atoms. The summed E-state index contributed by atoms with van der Waals surface area (Å²) in [5, 5.41) is 20.3. The van der Waals surface area contributed by atoms with Crippen LogP contribution in [0.3, 0.4) is 0 Å². The summed E-state index contributed by atoms with van der Waals surface area (Å²) in [5.74, 6) is -2.95. The zero-order valence-corrected chi connectivity index (χ0v) is 16.5. The molecule has 0 amide bonds. The predicted molar refractivity (Wildman–Crippen MR) is 102 cm³/mol. The zero-order valence-electron chi connectivity index (χ0n) is 16.5. The van der Waals surface area contributed by atoms with Crippen molar-refractivity contribution in [1.82, 2.24) is 0 Å². The molecule has 3 heteroatoms. The summed E-state index contributed by atoms with van der Waals surface area (Å²) in [7, 11) is 0. The molecular formula is C21H42O3. The van der Waals surface area contributed by atoms with E-state index in [1.807, 2.05) is 0 Å². The highest BCUT2D eigenvalue weighted by molar-refractivity contribution is 5.83. The maximum Gasteiger partial charge on any atom is 0.226 e. The summed E-state index contributed by atoms with van der Waals surface area (Å²) in [4.78, 5) is 11.6. The molecule has 1 unspecified atom stereocenters. The number of ketones is 1. The maximum absolute atomic E-state index is 11.6. The molecule has 1 atom stereocenters. The molecule has 3 nitrogen and oxygen atoms in total. The highest BCUT2D eigenvalue weighted by Crippen LogP contribution is 2.28. The molecule has 0 rings (SSSR count). The largest absolute Gasteiger partial charge is 0.359 e. The van der Waals surface area contributed by atoms with Crippen LogP contribution >= 0.6 is 0 Å². The first-order valence-electron chi connectivity index (χ1n) is 10.4. The van der Waals surface area contributed by atoms with Gasteiger partial charge in [-0.2, -0.15) is 0 Å². The van der Waals surface area contributed by atoms with E-state index in [0.29, 0.717) is 0 Å². The molecule has 0 aliphatic heterocycles. The number of aliphatic hydroxyl groups is 2. The van der Waals surface area contributed by atoms with Gasteiger partial charge in [-0.05, 0) is 12.8 Å². The summed E-state index contributed by atoms with van der Waals surface area (Å²) in [5.41, 5.74) is 0. The van der Waals surface area contributed by atoms with Crippen LogP contribution in [-0.4, -0.2) is 21.8 Å². The summed E-state index contributed by atoms with van der Waals surface area (Å²) in [6.45, 7) is 5.71. The molecule has 0 aromatic rings. The quantitative estimate of drug-likeness (QED) is 0.261. The van der Waals surface area contributed by atoms with Gasteiger partial charge < -0.3 is 10.2 Å². The molecule has 2 N–H and O–H groups in total. The highest BCUT2D eigenvalue weighted by Gasteiger charge is 2.38. The average molecular weight is 343 g/mol. The van der Waals surface area contributed by atoms with Crippen LogP contribution in [0.25, 0.3) is 0 Å². The van der Waals surface area contributed by atoms with Crippen molar-refractivity contribution >= 4 is 5.78 Å². The summed E-state index contributed by atoms with van der Waals surface area (Å²) < 4.78 is 0. The van der Waals surface area contributed by atoms with E-state index in [4.69, 9.17) is 0 Å². The number of carbonyl (C=O) groups excluding carboxylic acids is 1. The van der Waals surface area contributed by atoms with Crippen molar-refractivity contribution in [2.45, 2.75) is 123 Å². The molecule has 0 aromatic carbocycles. The second-order valence-electron chi connectivity index (χ2n) is 7.45. The summed E-state index contributed by atoms with van der Waals surface area (Å²) in [6, 6.07) is 0. The lowest BCUT2D eigenvalue weighted by Crippen LogP contribution is -2.44. The number of hydrogen-bond acceptors (Lipinski definition) is 3. The number of hydrogen-bond donors (Lipinski definition) is 2. The van der Waals surface area contributed by atoms with E-state index in [1.54, 1.807) is 0 Å². The van der Waals surface area contributed by atoms with Gasteiger partial charge in [-0.15, -0.1) is 0 Å². The van der Waals surface area contributed by atoms with Crippen molar-refractivity contribution in [2.75, 3.05) is 0 Å². The van der Waals surface area contributed by atoms with Gasteiger partial charge in [0.05, 0.1) is 0 Å². The van der Waals surface area contributed by atoms with Gasteiger partial charge in [0.1, 0.15) is 0 Å². The Morgan fingerprint density at radius 3 is 1.38 bits per heavy atom. The van der Waals surface area contributed by atoms with Crippen molar-refractivity contribution in [1.29, 1.82) is 0 Å². The Hall–Kier alpha value is -0.410. The third-order valence-corrected chi connectivity index (χ3v) is 5.15. The smallest absolute Gasteiger partial charge is 0.226 e. The molecule has 0 aliphatic rings. The Morgan fingerprint density at radius 1 is 0.708 bits per heavy atom. The molecule has 0 saturated heterocycles. The van der Waals surface area contributed by atoms with Crippen molar-refractivity contribution in [3.05, 3.63) is 0 Å². The van der Waals surface area contributed by atoms with Gasteiger partial charge >= 0.3 is 0 Å². The third kappa shape index (κ3) is 11.2. The lowest BCUT2D eigenvalue weighted by molar-refractivity contribution is -0.203. The Kier molecular flexibility index (Phi) is 14.6. The molecule has 0 radical (unpaired) electrons. The van der Waals surface area contributed by atoms with Gasteiger partial charge in [0.2, 0.25) is 5.79 Å². The molecule has 0 spiro atoms. The first kappa shape index (κ1) is 23.6. The van der Waals surface area contributed by atoms with Crippen LogP contribution in [0.15, 0.2) is 0 Å². The van der Waals surface area contributed by atoms with E-state index in [1.165, 1.54) is 64.7 Å². The molecule has 0 aromatic heterocycles. The Labute approximate surface area is 150 Å². The van der Waals surface area contributed by atoms with Crippen molar-refractivity contribution in [3.63, 3.8) is 0 Å². The number of carbonyl (C=O) groups is 1. The normalized spacial score (nSPS) is 13.2. The van der Waals surface area contributed by atoms with E-state index in [0.717, 1.165) is 38.5 Å². The summed E-state index contributed by atoms with van der Waals surface area (Å²) >= 11 is 0. The Balaban J connectivity index is 4.09. The van der Waals surface area contributed by atoms with E-state index < -0.39 is 11.6 Å². The van der Waals surface area contributed by atoms with Crippen LogP contribution < -0.4 is 0 Å². The lowest BCUT2D eigenvalue weighted by Gasteiger charge is -2.29. The van der Waals surface area contributed by atoms with E-state index in [9.17, 15) is 15.0 Å². The van der Waals surface area contributed by atoms with E-state index in [2.05, 4.69) is 13.8 Å². The monoisotopic (exact) mass is 342 g/mol. The first-order chi connectivity index (χ1) is 11.5. The van der Waals surface area contributed by atoms with Gasteiger partial charge in [-0.1, -0.05) is 97.3 Å². The minimum absolute atomic E-state index is 0.309. The summed E-state index contributed by atoms with van der Waals surface area (Å²) in [6.07, 6.45) is 17.1. The van der Waals surface area contributed by atoms with Gasteiger partial charge in [0, 0.05) is 12.8 Å². The van der Waals surface area contributed by atoms with E-state index >= 15 is 0 Å². The van der Waals surface area contributed by atoms with Gasteiger partial charge in [0.25, 0.3) is 0 Å². The molecule has 0 aliphatic carbocycles. The predicted octanol–water partition coefficient (Wildman–Crippen LogP) is 5.76. The third-order valence-electron chi connectivity index (χ3n) is 5.15. The minimum Gasteiger partial charge on any atom is -0.359 e. The second-order valence-corrected chi connectivity index (χ2v) is 7.45. The van der Waals surface area contributed by atoms with Gasteiger partial charge in [0.15, 0.2) is 5.78 Å². The van der Waals surface area contributed by atoms with Crippen LogP contribution in [-0.2, 0) is 4.79 Å². The fourth-order valence-corrected chi connectivity index (χ4v) is 3.35. The Morgan fingerprint density at radius 2 is 1.04 bits per heavy atom. The zero-order chi connectivity index (χ0) is 18.3. The Bertz CT molecular complexity index is 299. The maximum atomic E-state index is 11.6. The SMILES string of the molecule is CCCCCCCCCC(CCCCCCCC)C(O)(O)C(C)=O. The molecular weight excluding hydrogens is 300 g/mol. The fourth-order valence-electron chi connectivity index (χ4n) is 3.35. The van der Waals surface area contributed by atoms with Crippen molar-refractivity contribution in [2.24, 2.45) is 5.92 Å². The number of rotatable bonds is 17. The van der Waals surface area contributed by atoms with Crippen LogP contribution in [0.2, 0.25) is 0 Å². The van der Waals surface area contributed by atoms with Crippen LogP contribution in [0.1, 0.15) is 117 Å². The van der Waals surface area contributed by atoms with Crippen LogP contribution in [0, 0.1) is 5.92 Å². The fraction of sp³-hybridized carbons (Fsp3) is 0.952. The van der Waals surface area contributed by atoms with E-state index in [-0.39, 0.29) is 5.92 Å². The van der Waals surface area contributed by atoms with Crippen LogP contribution in [0.4, 0.5) is 0 Å². The van der Waals surface area contributed by atoms with Crippen molar-refractivity contribution in [3.8, 4) is 0 Å². The van der Waals surface area contributed by atoms with Gasteiger partial charge in [-0.25, -0.2) is 0 Å².